The molecule has 1 unspecified atom stereocenters. The summed E-state index contributed by atoms with van der Waals surface area (Å²) in [5.74, 6) is -0.00560. The van der Waals surface area contributed by atoms with E-state index in [1.54, 1.807) is 7.05 Å². The maximum Gasteiger partial charge on any atom is 0.236 e. The summed E-state index contributed by atoms with van der Waals surface area (Å²) in [6.07, 6.45) is 3.73. The van der Waals surface area contributed by atoms with Gasteiger partial charge in [0.15, 0.2) is 6.67 Å². The zero-order valence-electron chi connectivity index (χ0n) is 8.32. The van der Waals surface area contributed by atoms with Crippen LogP contribution in [0.15, 0.2) is 5.18 Å². The van der Waals surface area contributed by atoms with E-state index in [4.69, 9.17) is 0 Å². The van der Waals surface area contributed by atoms with Crippen LogP contribution in [-0.2, 0) is 4.79 Å². The highest BCUT2D eigenvalue weighted by molar-refractivity contribution is 7.99. The van der Waals surface area contributed by atoms with E-state index < -0.39 is 0 Å². The van der Waals surface area contributed by atoms with Crippen molar-refractivity contribution in [3.8, 4) is 0 Å². The second-order valence-electron chi connectivity index (χ2n) is 2.82. The number of nitrogens with zero attached hydrogens (tertiary/aromatic N) is 2. The van der Waals surface area contributed by atoms with Gasteiger partial charge in [-0.25, -0.2) is 0 Å². The minimum Gasteiger partial charge on any atom is -0.322 e. The Morgan fingerprint density at radius 2 is 2.23 bits per heavy atom. The number of thioether (sulfide) groups is 1. The molecule has 0 N–H and O–H groups in total. The van der Waals surface area contributed by atoms with Crippen molar-refractivity contribution in [3.05, 3.63) is 4.91 Å². The maximum atomic E-state index is 11.6. The largest absolute Gasteiger partial charge is 0.322 e. The first kappa shape index (κ1) is 12.4. The number of hydrogen-bond acceptors (Lipinski definition) is 4. The van der Waals surface area contributed by atoms with Gasteiger partial charge < -0.3 is 4.90 Å². The zero-order chi connectivity index (χ0) is 10.3. The molecule has 0 aliphatic rings. The second kappa shape index (κ2) is 6.88. The van der Waals surface area contributed by atoms with Crippen LogP contribution in [0.25, 0.3) is 0 Å². The number of rotatable bonds is 6. The first-order valence-electron chi connectivity index (χ1n) is 4.24. The first-order chi connectivity index (χ1) is 6.17. The van der Waals surface area contributed by atoms with E-state index in [9.17, 15) is 9.70 Å². The van der Waals surface area contributed by atoms with Crippen molar-refractivity contribution >= 4 is 17.7 Å². The maximum absolute atomic E-state index is 11.6. The Hall–Kier alpha value is -0.580. The Balaban J connectivity index is 4.09. The highest BCUT2D eigenvalue weighted by Gasteiger charge is 2.19. The van der Waals surface area contributed by atoms with Crippen molar-refractivity contribution in [1.29, 1.82) is 0 Å². The standard InChI is InChI=1S/C8H16N2O2S/c1-4-5-7(13-3)8(11)10(2)6-9-12/h7H,4-6H2,1-3H3. The highest BCUT2D eigenvalue weighted by Crippen LogP contribution is 2.15. The van der Waals surface area contributed by atoms with Crippen molar-refractivity contribution < 1.29 is 4.79 Å². The number of amides is 1. The van der Waals surface area contributed by atoms with Crippen LogP contribution >= 0.6 is 11.8 Å². The fraction of sp³-hybridized carbons (Fsp3) is 0.875. The van der Waals surface area contributed by atoms with Gasteiger partial charge in [-0.05, 0) is 17.9 Å². The molecule has 0 aromatic rings. The molecule has 0 radical (unpaired) electrons. The fourth-order valence-electron chi connectivity index (χ4n) is 1.01. The van der Waals surface area contributed by atoms with Gasteiger partial charge in [-0.15, -0.1) is 4.91 Å². The molecule has 0 aliphatic heterocycles. The molecule has 1 atom stereocenters. The van der Waals surface area contributed by atoms with Gasteiger partial charge >= 0.3 is 0 Å². The van der Waals surface area contributed by atoms with Gasteiger partial charge in [0.25, 0.3) is 0 Å². The molecule has 0 saturated heterocycles. The summed E-state index contributed by atoms with van der Waals surface area (Å²) in [6.45, 7) is 1.98. The zero-order valence-corrected chi connectivity index (χ0v) is 9.13. The van der Waals surface area contributed by atoms with Crippen molar-refractivity contribution in [1.82, 2.24) is 4.90 Å². The molecule has 0 bridgehead atoms. The van der Waals surface area contributed by atoms with E-state index in [2.05, 4.69) is 5.18 Å². The third-order valence-corrected chi connectivity index (χ3v) is 2.76. The molecule has 0 aliphatic carbocycles. The van der Waals surface area contributed by atoms with Crippen LogP contribution in [0.4, 0.5) is 0 Å². The van der Waals surface area contributed by atoms with E-state index in [1.807, 2.05) is 13.2 Å². The molecule has 5 heteroatoms. The average molecular weight is 204 g/mol. The molecule has 0 fully saturated rings. The van der Waals surface area contributed by atoms with E-state index in [0.29, 0.717) is 0 Å². The van der Waals surface area contributed by atoms with E-state index >= 15 is 0 Å². The lowest BCUT2D eigenvalue weighted by Crippen LogP contribution is -2.34. The second-order valence-corrected chi connectivity index (χ2v) is 3.86. The monoisotopic (exact) mass is 204 g/mol. The Labute approximate surface area is 83.0 Å². The molecule has 4 nitrogen and oxygen atoms in total. The number of hydrogen-bond donors (Lipinski definition) is 0. The third kappa shape index (κ3) is 4.26. The predicted octanol–water partition coefficient (Wildman–Crippen LogP) is 1.70. The minimum atomic E-state index is -0.0559. The quantitative estimate of drug-likeness (QED) is 0.619. The van der Waals surface area contributed by atoms with Gasteiger partial charge in [0.1, 0.15) is 0 Å². The van der Waals surface area contributed by atoms with E-state index in [0.717, 1.165) is 12.8 Å². The summed E-state index contributed by atoms with van der Waals surface area (Å²) >= 11 is 1.52. The smallest absolute Gasteiger partial charge is 0.236 e. The number of nitroso groups, excluding NO2 is 1. The topological polar surface area (TPSA) is 49.7 Å². The molecular weight excluding hydrogens is 188 g/mol. The number of carbonyl (C=O) groups excluding carboxylic acids is 1. The first-order valence-corrected chi connectivity index (χ1v) is 5.53. The average Bonchev–Trinajstić information content (AvgIpc) is 2.13. The molecule has 0 rings (SSSR count). The van der Waals surface area contributed by atoms with Gasteiger partial charge in [0.05, 0.1) is 5.25 Å². The van der Waals surface area contributed by atoms with Crippen LogP contribution < -0.4 is 0 Å². The predicted molar refractivity (Wildman–Crippen MR) is 55.6 cm³/mol. The molecule has 1 amide bonds. The molecule has 0 spiro atoms. The normalized spacial score (nSPS) is 12.2. The van der Waals surface area contributed by atoms with Gasteiger partial charge in [-0.2, -0.15) is 11.8 Å². The van der Waals surface area contributed by atoms with Crippen molar-refractivity contribution in [2.24, 2.45) is 5.18 Å². The summed E-state index contributed by atoms with van der Waals surface area (Å²) < 4.78 is 0. The van der Waals surface area contributed by atoms with Crippen molar-refractivity contribution in [3.63, 3.8) is 0 Å². The molecule has 0 aromatic heterocycles. The summed E-state index contributed by atoms with van der Waals surface area (Å²) in [5, 5.41) is 2.65. The van der Waals surface area contributed by atoms with E-state index in [1.165, 1.54) is 16.7 Å². The van der Waals surface area contributed by atoms with Crippen LogP contribution in [0.2, 0.25) is 0 Å². The molecule has 13 heavy (non-hydrogen) atoms. The Morgan fingerprint density at radius 1 is 1.62 bits per heavy atom. The Morgan fingerprint density at radius 3 is 2.62 bits per heavy atom. The summed E-state index contributed by atoms with van der Waals surface area (Å²) in [5.41, 5.74) is 0. The van der Waals surface area contributed by atoms with Gasteiger partial charge in [-0.3, -0.25) is 4.79 Å². The van der Waals surface area contributed by atoms with Crippen LogP contribution in [0, 0.1) is 4.91 Å². The summed E-state index contributed by atoms with van der Waals surface area (Å²) in [7, 11) is 1.60. The molecule has 0 heterocycles. The molecule has 76 valence electrons. The molecule has 0 aromatic carbocycles. The lowest BCUT2D eigenvalue weighted by molar-refractivity contribution is -0.129. The van der Waals surface area contributed by atoms with Crippen LogP contribution in [0.3, 0.4) is 0 Å². The number of carbonyl (C=O) groups is 1. The van der Waals surface area contributed by atoms with Crippen molar-refractivity contribution in [2.45, 2.75) is 25.0 Å². The van der Waals surface area contributed by atoms with Crippen LogP contribution in [0.1, 0.15) is 19.8 Å². The SMILES string of the molecule is CCCC(SC)C(=O)N(C)CN=O. The van der Waals surface area contributed by atoms with Gasteiger partial charge in [0.2, 0.25) is 5.91 Å². The van der Waals surface area contributed by atoms with Crippen molar-refractivity contribution in [2.75, 3.05) is 20.0 Å². The summed E-state index contributed by atoms with van der Waals surface area (Å²) in [4.78, 5) is 22.9. The Kier molecular flexibility index (Phi) is 6.58. The third-order valence-electron chi connectivity index (χ3n) is 1.76. The molecule has 0 saturated carbocycles. The fourth-order valence-corrected chi connectivity index (χ4v) is 1.86. The highest BCUT2D eigenvalue weighted by atomic mass is 32.2. The van der Waals surface area contributed by atoms with Gasteiger partial charge in [0, 0.05) is 7.05 Å². The summed E-state index contributed by atoms with van der Waals surface area (Å²) in [6, 6.07) is 0. The lowest BCUT2D eigenvalue weighted by atomic mass is 10.2. The van der Waals surface area contributed by atoms with Gasteiger partial charge in [-0.1, -0.05) is 13.3 Å². The molecular formula is C8H16N2O2S. The minimum absolute atomic E-state index is 0.00560. The Bertz CT molecular complexity index is 176. The van der Waals surface area contributed by atoms with Crippen LogP contribution in [0.5, 0.6) is 0 Å². The van der Waals surface area contributed by atoms with Crippen LogP contribution in [-0.4, -0.2) is 36.0 Å². The van der Waals surface area contributed by atoms with E-state index in [-0.39, 0.29) is 17.8 Å². The lowest BCUT2D eigenvalue weighted by Gasteiger charge is -2.19.